The second kappa shape index (κ2) is 13.7. The molecule has 4 amide bonds. The first-order chi connectivity index (χ1) is 18.0. The minimum Gasteiger partial charge on any atom is -0.347 e. The molecule has 39 heavy (non-hydrogen) atoms. The summed E-state index contributed by atoms with van der Waals surface area (Å²) in [5, 5.41) is 8.06. The number of Topliss-reactive ketones (excluding diaryl/α,β-unsaturated/α-hetero) is 1. The Balaban J connectivity index is 2.25. The zero-order chi connectivity index (χ0) is 29.5. The minimum absolute atomic E-state index is 0.0493. The summed E-state index contributed by atoms with van der Waals surface area (Å²) >= 11 is 0. The van der Waals surface area contributed by atoms with Gasteiger partial charge in [-0.3, -0.25) is 24.0 Å². The molecular weight excluding hydrogens is 524 g/mol. The van der Waals surface area contributed by atoms with Crippen molar-refractivity contribution in [3.63, 3.8) is 0 Å². The van der Waals surface area contributed by atoms with Crippen molar-refractivity contribution in [3.8, 4) is 0 Å². The number of nitrogens with one attached hydrogen (secondary N) is 3. The first-order valence-electron chi connectivity index (χ1n) is 14.0. The lowest BCUT2D eigenvalue weighted by Crippen LogP contribution is -2.59. The Kier molecular flexibility index (Phi) is 11.5. The van der Waals surface area contributed by atoms with E-state index in [1.165, 1.54) is 11.9 Å². The Morgan fingerprint density at radius 3 is 2.03 bits per heavy atom. The molecule has 2 saturated carbocycles. The number of sulfone groups is 1. The highest BCUT2D eigenvalue weighted by Gasteiger charge is 2.40. The predicted octanol–water partition coefficient (Wildman–Crippen LogP) is 1.10. The molecule has 0 saturated heterocycles. The largest absolute Gasteiger partial charge is 0.347 e. The molecule has 2 fully saturated rings. The molecule has 2 rings (SSSR count). The minimum atomic E-state index is -3.47. The molecule has 3 N–H and O–H groups in total. The van der Waals surface area contributed by atoms with Crippen molar-refractivity contribution < 1.29 is 32.4 Å². The summed E-state index contributed by atoms with van der Waals surface area (Å²) in [5.41, 5.74) is -0.704. The molecule has 0 bridgehead atoms. The van der Waals surface area contributed by atoms with Gasteiger partial charge in [-0.05, 0) is 44.4 Å². The number of ketones is 1. The summed E-state index contributed by atoms with van der Waals surface area (Å²) in [6, 6.07) is -3.19. The maximum absolute atomic E-state index is 13.7. The maximum Gasteiger partial charge on any atom is 0.289 e. The molecule has 0 radical (unpaired) electrons. The zero-order valence-corrected chi connectivity index (χ0v) is 25.0. The molecule has 222 valence electrons. The summed E-state index contributed by atoms with van der Waals surface area (Å²) in [7, 11) is -1.97. The van der Waals surface area contributed by atoms with Gasteiger partial charge in [0.15, 0.2) is 0 Å². The summed E-state index contributed by atoms with van der Waals surface area (Å²) in [6.07, 6.45) is 6.59. The van der Waals surface area contributed by atoms with Crippen LogP contribution in [0.15, 0.2) is 0 Å². The highest BCUT2D eigenvalue weighted by Crippen LogP contribution is 2.30. The summed E-state index contributed by atoms with van der Waals surface area (Å²) in [6.45, 7) is 7.15. The van der Waals surface area contributed by atoms with Crippen LogP contribution in [0.3, 0.4) is 0 Å². The first-order valence-corrected chi connectivity index (χ1v) is 16.0. The van der Waals surface area contributed by atoms with Gasteiger partial charge in [0.1, 0.15) is 21.9 Å². The Bertz CT molecular complexity index is 1030. The van der Waals surface area contributed by atoms with Crippen LogP contribution in [0.4, 0.5) is 0 Å². The average Bonchev–Trinajstić information content (AvgIpc) is 3.49. The van der Waals surface area contributed by atoms with E-state index >= 15 is 0 Å². The fourth-order valence-corrected chi connectivity index (χ4v) is 5.35. The van der Waals surface area contributed by atoms with Crippen LogP contribution >= 0.6 is 0 Å². The van der Waals surface area contributed by atoms with E-state index in [1.54, 1.807) is 20.8 Å². The van der Waals surface area contributed by atoms with Crippen molar-refractivity contribution in [2.24, 2.45) is 11.3 Å². The number of hydrogen-bond acceptors (Lipinski definition) is 7. The van der Waals surface area contributed by atoms with Crippen molar-refractivity contribution in [2.45, 2.75) is 110 Å². The summed E-state index contributed by atoms with van der Waals surface area (Å²) in [5.74, 6) is -3.51. The summed E-state index contributed by atoms with van der Waals surface area (Å²) in [4.78, 5) is 66.7. The van der Waals surface area contributed by atoms with Crippen molar-refractivity contribution in [2.75, 3.05) is 19.1 Å². The van der Waals surface area contributed by atoms with Crippen LogP contribution in [-0.2, 0) is 33.8 Å². The van der Waals surface area contributed by atoms with Crippen molar-refractivity contribution >= 4 is 39.2 Å². The summed E-state index contributed by atoms with van der Waals surface area (Å²) < 4.78 is 23.6. The third-order valence-corrected chi connectivity index (χ3v) is 8.31. The fraction of sp³-hybridized carbons (Fsp3) is 0.815. The molecule has 0 aromatic heterocycles. The van der Waals surface area contributed by atoms with Crippen LogP contribution < -0.4 is 16.0 Å². The van der Waals surface area contributed by atoms with Crippen LogP contribution in [0.1, 0.15) is 85.5 Å². The molecule has 2 aliphatic carbocycles. The highest BCUT2D eigenvalue weighted by atomic mass is 32.2. The van der Waals surface area contributed by atoms with Crippen molar-refractivity contribution in [1.29, 1.82) is 0 Å². The molecular formula is C27H46N4O7S. The number of amides is 4. The van der Waals surface area contributed by atoms with Gasteiger partial charge in [0.05, 0.1) is 11.8 Å². The molecule has 0 aromatic carbocycles. The van der Waals surface area contributed by atoms with Crippen LogP contribution in [0, 0.1) is 11.3 Å². The Labute approximate surface area is 232 Å². The van der Waals surface area contributed by atoms with Crippen molar-refractivity contribution in [3.05, 3.63) is 0 Å². The third-order valence-electron chi connectivity index (χ3n) is 7.33. The SMILES string of the molecule is CCC[C@@H](C(=O)N[C@@H](CCS(C)(=O)=O)C(=O)C(=O)NC1CC1)N(C)C(=O)[C@H](NC(=O)C(C)(C)C)C1CCCC1. The van der Waals surface area contributed by atoms with Gasteiger partial charge in [0, 0.05) is 24.8 Å². The zero-order valence-electron chi connectivity index (χ0n) is 24.2. The number of likely N-dealkylation sites (N-methyl/N-ethyl adjacent to an activating group) is 1. The molecule has 0 unspecified atom stereocenters. The monoisotopic (exact) mass is 570 g/mol. The lowest BCUT2D eigenvalue weighted by Gasteiger charge is -2.34. The molecule has 3 atom stereocenters. The molecule has 0 heterocycles. The standard InChI is InChI=1S/C27H46N4O7S/c1-7-10-20(31(5)25(35)21(17-11-8-9-12-17)30-26(36)27(2,3)4)23(33)29-19(15-16-39(6,37)38)22(32)24(34)28-18-13-14-18/h17-21H,7-16H2,1-6H3,(H,28,34)(H,29,33)(H,30,36)/t19-,20-,21+/m0/s1. The lowest BCUT2D eigenvalue weighted by molar-refractivity contribution is -0.145. The topological polar surface area (TPSA) is 159 Å². The molecule has 2 aliphatic rings. The number of hydrogen-bond donors (Lipinski definition) is 3. The van der Waals surface area contributed by atoms with Crippen LogP contribution in [0.5, 0.6) is 0 Å². The van der Waals surface area contributed by atoms with Crippen LogP contribution in [-0.4, -0.2) is 86.0 Å². The molecule has 0 aliphatic heterocycles. The van der Waals surface area contributed by atoms with Gasteiger partial charge in [-0.25, -0.2) is 8.42 Å². The Hall–Kier alpha value is -2.50. The molecule has 0 aromatic rings. The van der Waals surface area contributed by atoms with E-state index in [0.29, 0.717) is 6.42 Å². The second-order valence-electron chi connectivity index (χ2n) is 12.1. The van der Waals surface area contributed by atoms with Gasteiger partial charge in [-0.2, -0.15) is 0 Å². The second-order valence-corrected chi connectivity index (χ2v) is 14.4. The quantitative estimate of drug-likeness (QED) is 0.264. The average molecular weight is 571 g/mol. The van der Waals surface area contributed by atoms with E-state index in [1.807, 2.05) is 6.92 Å². The predicted molar refractivity (Wildman–Crippen MR) is 147 cm³/mol. The van der Waals surface area contributed by atoms with E-state index in [2.05, 4.69) is 16.0 Å². The van der Waals surface area contributed by atoms with Crippen LogP contribution in [0.2, 0.25) is 0 Å². The van der Waals surface area contributed by atoms with Gasteiger partial charge in [-0.15, -0.1) is 0 Å². The number of rotatable bonds is 14. The number of nitrogens with zero attached hydrogens (tertiary/aromatic N) is 1. The van der Waals surface area contributed by atoms with E-state index < -0.39 is 62.6 Å². The van der Waals surface area contributed by atoms with Crippen molar-refractivity contribution in [1.82, 2.24) is 20.9 Å². The van der Waals surface area contributed by atoms with Gasteiger partial charge < -0.3 is 20.9 Å². The van der Waals surface area contributed by atoms with E-state index in [9.17, 15) is 32.4 Å². The Morgan fingerprint density at radius 2 is 1.54 bits per heavy atom. The van der Waals surface area contributed by atoms with E-state index in [0.717, 1.165) is 44.8 Å². The van der Waals surface area contributed by atoms with Crippen LogP contribution in [0.25, 0.3) is 0 Å². The smallest absolute Gasteiger partial charge is 0.289 e. The number of carbonyl (C=O) groups excluding carboxylic acids is 5. The fourth-order valence-electron chi connectivity index (χ4n) is 4.69. The lowest BCUT2D eigenvalue weighted by atomic mass is 9.91. The van der Waals surface area contributed by atoms with E-state index in [-0.39, 0.29) is 30.7 Å². The maximum atomic E-state index is 13.7. The van der Waals surface area contributed by atoms with E-state index in [4.69, 9.17) is 0 Å². The highest BCUT2D eigenvalue weighted by molar-refractivity contribution is 7.90. The molecule has 11 nitrogen and oxygen atoms in total. The van der Waals surface area contributed by atoms with Gasteiger partial charge in [0.25, 0.3) is 5.91 Å². The first kappa shape index (κ1) is 32.7. The molecule has 12 heteroatoms. The number of carbonyl (C=O) groups is 5. The third kappa shape index (κ3) is 10.2. The molecule has 0 spiro atoms. The van der Waals surface area contributed by atoms with Gasteiger partial charge in [0.2, 0.25) is 23.5 Å². The normalized spacial score (nSPS) is 18.5. The van der Waals surface area contributed by atoms with Gasteiger partial charge in [-0.1, -0.05) is 47.0 Å². The van der Waals surface area contributed by atoms with Gasteiger partial charge >= 0.3 is 0 Å². The Morgan fingerprint density at radius 1 is 0.949 bits per heavy atom.